The highest BCUT2D eigenvalue weighted by molar-refractivity contribution is 4.62. The highest BCUT2D eigenvalue weighted by atomic mass is 15.2. The maximum Gasteiger partial charge on any atom is 0.0394 e. The lowest BCUT2D eigenvalue weighted by molar-refractivity contribution is 0.291. The number of hydrogen-bond donors (Lipinski definition) is 1. The fraction of sp³-hybridized carbons (Fsp3) is 1.00. The average molecular weight is 103 g/mol. The van der Waals surface area contributed by atoms with E-state index in [0.717, 1.165) is 13.1 Å². The predicted octanol–water partition coefficient (Wildman–Crippen LogP) is -0.479. The van der Waals surface area contributed by atoms with E-state index in [1.54, 1.807) is 0 Å². The van der Waals surface area contributed by atoms with Crippen molar-refractivity contribution >= 4 is 0 Å². The molecule has 1 aliphatic rings. The molecule has 0 spiro atoms. The first-order chi connectivity index (χ1) is 4.61. The van der Waals surface area contributed by atoms with E-state index in [-0.39, 0.29) is 0 Å². The number of hydrogen-bond acceptors (Lipinski definition) is 2. The van der Waals surface area contributed by atoms with Gasteiger partial charge in [-0.1, -0.05) is 0 Å². The smallest absolute Gasteiger partial charge is 0.0394 e. The average Bonchev–Trinajstić information content (AvgIpc) is 1.88. The van der Waals surface area contributed by atoms with Crippen LogP contribution in [-0.2, 0) is 0 Å². The Morgan fingerprint density at radius 3 is 2.71 bits per heavy atom. The quantitative estimate of drug-likeness (QED) is 0.445. The second-order valence-electron chi connectivity index (χ2n) is 1.74. The van der Waals surface area contributed by atoms with E-state index in [9.17, 15) is 0 Å². The van der Waals surface area contributed by atoms with Gasteiger partial charge in [-0.15, -0.1) is 0 Å². The van der Waals surface area contributed by atoms with E-state index in [4.69, 9.17) is 4.11 Å². The summed E-state index contributed by atoms with van der Waals surface area (Å²) in [4.78, 5) is 1.52. The van der Waals surface area contributed by atoms with Gasteiger partial charge in [-0.25, -0.2) is 0 Å². The van der Waals surface area contributed by atoms with Gasteiger partial charge in [0.05, 0.1) is 0 Å². The second kappa shape index (κ2) is 2.28. The first-order valence-electron chi connectivity index (χ1n) is 4.06. The van der Waals surface area contributed by atoms with Gasteiger partial charge in [0.2, 0.25) is 0 Å². The van der Waals surface area contributed by atoms with Gasteiger partial charge in [-0.3, -0.25) is 0 Å². The third-order valence-corrected chi connectivity index (χ3v) is 1.12. The van der Waals surface area contributed by atoms with Gasteiger partial charge in [0.1, 0.15) is 0 Å². The van der Waals surface area contributed by atoms with E-state index in [1.165, 1.54) is 4.90 Å². The van der Waals surface area contributed by atoms with Crippen LogP contribution in [0.25, 0.3) is 0 Å². The van der Waals surface area contributed by atoms with Gasteiger partial charge < -0.3 is 10.2 Å². The highest BCUT2D eigenvalue weighted by Gasteiger charge is 2.01. The molecule has 7 heavy (non-hydrogen) atoms. The molecule has 0 unspecified atom stereocenters. The molecule has 0 bridgehead atoms. The van der Waals surface area contributed by atoms with Crippen molar-refractivity contribution in [2.24, 2.45) is 0 Å². The van der Waals surface area contributed by atoms with Crippen LogP contribution >= 0.6 is 0 Å². The lowest BCUT2D eigenvalue weighted by Gasteiger charge is -2.21. The molecule has 1 saturated heterocycles. The third kappa shape index (κ3) is 1.45. The zero-order valence-corrected chi connectivity index (χ0v) is 4.28. The standard InChI is InChI=1S/C5H12N2/c1-7-4-2-6-3-5-7/h6H,2-5H2,1H3/i1D3. The SMILES string of the molecule is [2H]C([2H])([2H])N1CCNCC1. The van der Waals surface area contributed by atoms with Gasteiger partial charge in [0.15, 0.2) is 0 Å². The number of likely N-dealkylation sites (N-methyl/N-ethyl adjacent to an activating group) is 1. The summed E-state index contributed by atoms with van der Waals surface area (Å²) in [5.74, 6) is 0. The maximum atomic E-state index is 7.06. The van der Waals surface area contributed by atoms with Crippen LogP contribution in [0.15, 0.2) is 0 Å². The summed E-state index contributed by atoms with van der Waals surface area (Å²) in [6, 6.07) is 0. The Balaban J connectivity index is 2.39. The molecular formula is C5H12N2. The maximum absolute atomic E-state index is 7.06. The van der Waals surface area contributed by atoms with Crippen LogP contribution in [0.1, 0.15) is 4.11 Å². The molecule has 1 fully saturated rings. The summed E-state index contributed by atoms with van der Waals surface area (Å²) in [7, 11) is 0. The fourth-order valence-electron chi connectivity index (χ4n) is 0.665. The van der Waals surface area contributed by atoms with Crippen LogP contribution in [0.4, 0.5) is 0 Å². The van der Waals surface area contributed by atoms with E-state index in [1.807, 2.05) is 0 Å². The van der Waals surface area contributed by atoms with Crippen molar-refractivity contribution in [3.05, 3.63) is 0 Å². The molecule has 1 N–H and O–H groups in total. The Hall–Kier alpha value is -0.0800. The van der Waals surface area contributed by atoms with Gasteiger partial charge >= 0.3 is 0 Å². The summed E-state index contributed by atoms with van der Waals surface area (Å²) in [6.45, 7) is 0.964. The summed E-state index contributed by atoms with van der Waals surface area (Å²) in [5, 5.41) is 3.10. The van der Waals surface area contributed by atoms with Crippen LogP contribution in [0, 0.1) is 0 Å². The molecule has 0 aromatic heterocycles. The summed E-state index contributed by atoms with van der Waals surface area (Å²) in [6.07, 6.45) is 0. The van der Waals surface area contributed by atoms with Crippen LogP contribution < -0.4 is 5.32 Å². The van der Waals surface area contributed by atoms with Crippen LogP contribution in [-0.4, -0.2) is 38.1 Å². The Labute approximate surface area is 48.7 Å². The predicted molar refractivity (Wildman–Crippen MR) is 30.4 cm³/mol. The van der Waals surface area contributed by atoms with Crippen molar-refractivity contribution in [2.75, 3.05) is 33.2 Å². The van der Waals surface area contributed by atoms with Crippen molar-refractivity contribution in [1.29, 1.82) is 0 Å². The lowest BCUT2D eigenvalue weighted by atomic mass is 10.4. The molecule has 0 aromatic rings. The molecule has 42 valence electrons. The highest BCUT2D eigenvalue weighted by Crippen LogP contribution is 1.82. The molecule has 2 heteroatoms. The molecule has 0 radical (unpaired) electrons. The van der Waals surface area contributed by atoms with Gasteiger partial charge in [-0.2, -0.15) is 0 Å². The molecule has 0 atom stereocenters. The van der Waals surface area contributed by atoms with Gasteiger partial charge in [0.25, 0.3) is 0 Å². The van der Waals surface area contributed by atoms with E-state index in [0.29, 0.717) is 13.1 Å². The number of piperazine rings is 1. The molecule has 0 saturated carbocycles. The largest absolute Gasteiger partial charge is 0.314 e. The Morgan fingerprint density at radius 1 is 1.57 bits per heavy atom. The van der Waals surface area contributed by atoms with Crippen LogP contribution in [0.2, 0.25) is 0 Å². The number of rotatable bonds is 0. The van der Waals surface area contributed by atoms with Crippen molar-refractivity contribution in [3.63, 3.8) is 0 Å². The number of nitrogens with zero attached hydrogens (tertiary/aromatic N) is 1. The first-order valence-corrected chi connectivity index (χ1v) is 2.56. The zero-order valence-electron chi connectivity index (χ0n) is 7.28. The molecule has 0 aromatic carbocycles. The topological polar surface area (TPSA) is 15.3 Å². The molecule has 2 nitrogen and oxygen atoms in total. The minimum Gasteiger partial charge on any atom is -0.314 e. The monoisotopic (exact) mass is 103 g/mol. The molecule has 0 amide bonds. The molecule has 1 aliphatic heterocycles. The van der Waals surface area contributed by atoms with E-state index >= 15 is 0 Å². The van der Waals surface area contributed by atoms with Crippen molar-refractivity contribution in [2.45, 2.75) is 0 Å². The lowest BCUT2D eigenvalue weighted by Crippen LogP contribution is -2.40. The van der Waals surface area contributed by atoms with Crippen molar-refractivity contribution < 1.29 is 4.11 Å². The van der Waals surface area contributed by atoms with Crippen molar-refractivity contribution in [1.82, 2.24) is 10.2 Å². The zero-order chi connectivity index (χ0) is 7.61. The Kier molecular flexibility index (Phi) is 0.804. The molecule has 0 aliphatic carbocycles. The number of nitrogens with one attached hydrogen (secondary N) is 1. The second-order valence-corrected chi connectivity index (χ2v) is 1.74. The fourth-order valence-corrected chi connectivity index (χ4v) is 0.665. The van der Waals surface area contributed by atoms with Crippen molar-refractivity contribution in [3.8, 4) is 0 Å². The summed E-state index contributed by atoms with van der Waals surface area (Å²) >= 11 is 0. The van der Waals surface area contributed by atoms with E-state index < -0.39 is 6.98 Å². The van der Waals surface area contributed by atoms with Crippen LogP contribution in [0.5, 0.6) is 0 Å². The Morgan fingerprint density at radius 2 is 2.29 bits per heavy atom. The third-order valence-electron chi connectivity index (χ3n) is 1.12. The minimum atomic E-state index is -1.89. The molecule has 1 rings (SSSR count). The van der Waals surface area contributed by atoms with Crippen LogP contribution in [0.3, 0.4) is 0 Å². The molecular weight excluding hydrogens is 88.1 g/mol. The minimum absolute atomic E-state index is 0.635. The summed E-state index contributed by atoms with van der Waals surface area (Å²) in [5.41, 5.74) is 0. The normalized spacial score (nSPS) is 33.4. The molecule has 1 heterocycles. The van der Waals surface area contributed by atoms with Gasteiger partial charge in [0, 0.05) is 30.3 Å². The van der Waals surface area contributed by atoms with E-state index in [2.05, 4.69) is 5.32 Å². The van der Waals surface area contributed by atoms with Gasteiger partial charge in [-0.05, 0) is 6.98 Å². The first kappa shape index (κ1) is 2.46. The summed E-state index contributed by atoms with van der Waals surface area (Å²) < 4.78 is 21.2. The Bertz CT molecular complexity index is 106.